The second-order valence-electron chi connectivity index (χ2n) is 5.69. The molecule has 0 radical (unpaired) electrons. The molecular weight excluding hydrogens is 240 g/mol. The molecule has 18 heavy (non-hydrogen) atoms. The van der Waals surface area contributed by atoms with E-state index in [9.17, 15) is 0 Å². The van der Waals surface area contributed by atoms with E-state index in [2.05, 4.69) is 50.0 Å². The van der Waals surface area contributed by atoms with Gasteiger partial charge in [-0.15, -0.1) is 11.3 Å². The Hall–Kier alpha value is -1.19. The monoisotopic (exact) mass is 260 g/mol. The van der Waals surface area contributed by atoms with Gasteiger partial charge in [-0.3, -0.25) is 0 Å². The van der Waals surface area contributed by atoms with Gasteiger partial charge in [-0.25, -0.2) is 4.98 Å². The van der Waals surface area contributed by atoms with Crippen LogP contribution in [0.25, 0.3) is 10.4 Å². The highest BCUT2D eigenvalue weighted by Gasteiger charge is 2.17. The molecular formula is C15H20N2S. The van der Waals surface area contributed by atoms with Crippen molar-refractivity contribution in [2.75, 3.05) is 0 Å². The maximum atomic E-state index is 5.81. The maximum Gasteiger partial charge on any atom is 0.0940 e. The summed E-state index contributed by atoms with van der Waals surface area (Å²) >= 11 is 1.77. The highest BCUT2D eigenvalue weighted by molar-refractivity contribution is 7.15. The van der Waals surface area contributed by atoms with Crippen molar-refractivity contribution in [3.8, 4) is 10.4 Å². The lowest BCUT2D eigenvalue weighted by atomic mass is 9.93. The van der Waals surface area contributed by atoms with Crippen molar-refractivity contribution in [3.63, 3.8) is 0 Å². The molecule has 0 bridgehead atoms. The summed E-state index contributed by atoms with van der Waals surface area (Å²) in [7, 11) is 0. The zero-order valence-corrected chi connectivity index (χ0v) is 12.1. The van der Waals surface area contributed by atoms with Crippen LogP contribution in [0.15, 0.2) is 30.3 Å². The Morgan fingerprint density at radius 3 is 2.39 bits per heavy atom. The summed E-state index contributed by atoms with van der Waals surface area (Å²) in [5.41, 5.74) is 8.31. The largest absolute Gasteiger partial charge is 0.325 e. The molecule has 2 rings (SSSR count). The molecule has 0 amide bonds. The Bertz CT molecular complexity index is 509. The third-order valence-electron chi connectivity index (χ3n) is 2.65. The molecule has 3 heteroatoms. The molecule has 1 heterocycles. The first-order valence-electron chi connectivity index (χ1n) is 6.24. The molecule has 0 aliphatic rings. The summed E-state index contributed by atoms with van der Waals surface area (Å²) in [5, 5.41) is 1.18. The Labute approximate surface area is 113 Å². The van der Waals surface area contributed by atoms with E-state index in [4.69, 9.17) is 5.73 Å². The quantitative estimate of drug-likeness (QED) is 0.910. The number of thiazole rings is 1. The van der Waals surface area contributed by atoms with E-state index in [0.717, 1.165) is 12.1 Å². The molecule has 1 aromatic heterocycles. The average molecular weight is 260 g/mol. The van der Waals surface area contributed by atoms with E-state index >= 15 is 0 Å². The predicted molar refractivity (Wildman–Crippen MR) is 78.6 cm³/mol. The van der Waals surface area contributed by atoms with Gasteiger partial charge in [-0.1, -0.05) is 51.1 Å². The molecule has 0 saturated carbocycles. The average Bonchev–Trinajstić information content (AvgIpc) is 2.71. The van der Waals surface area contributed by atoms with Crippen LogP contribution in [-0.4, -0.2) is 4.98 Å². The van der Waals surface area contributed by atoms with Gasteiger partial charge in [0.2, 0.25) is 0 Å². The minimum absolute atomic E-state index is 0.262. The third kappa shape index (κ3) is 3.18. The van der Waals surface area contributed by atoms with Crippen molar-refractivity contribution < 1.29 is 0 Å². The van der Waals surface area contributed by atoms with Gasteiger partial charge >= 0.3 is 0 Å². The minimum atomic E-state index is 0.262. The number of aromatic nitrogens is 1. The second kappa shape index (κ2) is 5.21. The van der Waals surface area contributed by atoms with Crippen LogP contribution in [0.5, 0.6) is 0 Å². The van der Waals surface area contributed by atoms with Gasteiger partial charge in [0.1, 0.15) is 0 Å². The molecule has 2 aromatic rings. The van der Waals surface area contributed by atoms with Crippen molar-refractivity contribution in [1.29, 1.82) is 0 Å². The lowest BCUT2D eigenvalue weighted by molar-refractivity contribution is 0.410. The molecule has 1 aromatic carbocycles. The highest BCUT2D eigenvalue weighted by Crippen LogP contribution is 2.33. The number of benzene rings is 1. The topological polar surface area (TPSA) is 38.9 Å². The van der Waals surface area contributed by atoms with Gasteiger partial charge in [0.25, 0.3) is 0 Å². The zero-order valence-electron chi connectivity index (χ0n) is 11.2. The van der Waals surface area contributed by atoms with Gasteiger partial charge in [0.05, 0.1) is 15.6 Å². The van der Waals surface area contributed by atoms with Crippen molar-refractivity contribution in [2.24, 2.45) is 11.1 Å². The Morgan fingerprint density at radius 2 is 1.83 bits per heavy atom. The molecule has 0 aliphatic heterocycles. The smallest absolute Gasteiger partial charge is 0.0940 e. The number of rotatable bonds is 3. The summed E-state index contributed by atoms with van der Waals surface area (Å²) in [6, 6.07) is 10.4. The lowest BCUT2D eigenvalue weighted by Crippen LogP contribution is -2.09. The first-order valence-corrected chi connectivity index (χ1v) is 7.05. The number of hydrogen-bond donors (Lipinski definition) is 1. The normalized spacial score (nSPS) is 11.8. The van der Waals surface area contributed by atoms with Gasteiger partial charge in [-0.2, -0.15) is 0 Å². The number of nitrogens with zero attached hydrogens (tertiary/aromatic N) is 1. The molecule has 0 atom stereocenters. The molecule has 0 spiro atoms. The van der Waals surface area contributed by atoms with Crippen LogP contribution in [-0.2, 0) is 13.0 Å². The molecule has 0 fully saturated rings. The number of nitrogens with two attached hydrogens (primary N) is 1. The van der Waals surface area contributed by atoms with E-state index < -0.39 is 0 Å². The van der Waals surface area contributed by atoms with Crippen molar-refractivity contribution in [3.05, 3.63) is 41.0 Å². The van der Waals surface area contributed by atoms with Gasteiger partial charge in [0, 0.05) is 13.0 Å². The Kier molecular flexibility index (Phi) is 3.83. The van der Waals surface area contributed by atoms with Crippen LogP contribution in [0.3, 0.4) is 0 Å². The number of hydrogen-bond acceptors (Lipinski definition) is 3. The van der Waals surface area contributed by atoms with Crippen molar-refractivity contribution in [2.45, 2.75) is 33.7 Å². The predicted octanol–water partition coefficient (Wildman–Crippen LogP) is 3.86. The van der Waals surface area contributed by atoms with Crippen LogP contribution in [0, 0.1) is 5.41 Å². The van der Waals surface area contributed by atoms with Gasteiger partial charge in [0.15, 0.2) is 0 Å². The fourth-order valence-corrected chi connectivity index (χ4v) is 3.28. The molecule has 0 aliphatic carbocycles. The van der Waals surface area contributed by atoms with Crippen molar-refractivity contribution >= 4 is 11.3 Å². The summed E-state index contributed by atoms with van der Waals surface area (Å²) < 4.78 is 0. The minimum Gasteiger partial charge on any atom is -0.325 e. The standard InChI is InChI=1S/C15H20N2S/c1-15(2,3)9-13-17-12(10-16)14(18-13)11-7-5-4-6-8-11/h4-8H,9-10,16H2,1-3H3. The highest BCUT2D eigenvalue weighted by atomic mass is 32.1. The maximum absolute atomic E-state index is 5.81. The fraction of sp³-hybridized carbons (Fsp3) is 0.400. The SMILES string of the molecule is CC(C)(C)Cc1nc(CN)c(-c2ccccc2)s1. The van der Waals surface area contributed by atoms with Crippen molar-refractivity contribution in [1.82, 2.24) is 4.98 Å². The fourth-order valence-electron chi connectivity index (χ4n) is 1.88. The van der Waals surface area contributed by atoms with Crippen LogP contribution >= 0.6 is 11.3 Å². The van der Waals surface area contributed by atoms with Gasteiger partial charge < -0.3 is 5.73 Å². The molecule has 96 valence electrons. The van der Waals surface area contributed by atoms with E-state index in [-0.39, 0.29) is 5.41 Å². The van der Waals surface area contributed by atoms with Crippen LogP contribution in [0.1, 0.15) is 31.5 Å². The van der Waals surface area contributed by atoms with Crippen LogP contribution < -0.4 is 5.73 Å². The Balaban J connectivity index is 2.36. The lowest BCUT2D eigenvalue weighted by Gasteiger charge is -2.15. The molecule has 2 N–H and O–H groups in total. The summed E-state index contributed by atoms with van der Waals surface area (Å²) in [4.78, 5) is 5.90. The molecule has 2 nitrogen and oxygen atoms in total. The molecule has 0 saturated heterocycles. The zero-order chi connectivity index (χ0) is 13.2. The van der Waals surface area contributed by atoms with Crippen LogP contribution in [0.2, 0.25) is 0 Å². The molecule has 0 unspecified atom stereocenters. The van der Waals surface area contributed by atoms with Gasteiger partial charge in [-0.05, 0) is 11.0 Å². The summed E-state index contributed by atoms with van der Waals surface area (Å²) in [6.45, 7) is 7.21. The summed E-state index contributed by atoms with van der Waals surface area (Å²) in [6.07, 6.45) is 0.998. The first kappa shape index (κ1) is 13.2. The second-order valence-corrected chi connectivity index (χ2v) is 6.77. The van der Waals surface area contributed by atoms with Crippen LogP contribution in [0.4, 0.5) is 0 Å². The van der Waals surface area contributed by atoms with E-state index in [1.165, 1.54) is 15.4 Å². The summed E-state index contributed by atoms with van der Waals surface area (Å²) in [5.74, 6) is 0. The third-order valence-corrected chi connectivity index (χ3v) is 3.80. The van der Waals surface area contributed by atoms with E-state index in [0.29, 0.717) is 6.54 Å². The van der Waals surface area contributed by atoms with E-state index in [1.807, 2.05) is 6.07 Å². The Morgan fingerprint density at radius 1 is 1.17 bits per heavy atom. The first-order chi connectivity index (χ1) is 8.49. The van der Waals surface area contributed by atoms with E-state index in [1.54, 1.807) is 11.3 Å².